The zero-order valence-electron chi connectivity index (χ0n) is 9.80. The topological polar surface area (TPSA) is 38.3 Å². The molecule has 0 saturated carbocycles. The monoisotopic (exact) mass is 275 g/mol. The van der Waals surface area contributed by atoms with Crippen molar-refractivity contribution in [3.05, 3.63) is 28.2 Å². The fourth-order valence-corrected chi connectivity index (χ4v) is 1.45. The van der Waals surface area contributed by atoms with E-state index in [-0.39, 0.29) is 12.5 Å². The molecule has 0 unspecified atom stereocenters. The van der Waals surface area contributed by atoms with Crippen LogP contribution in [0.3, 0.4) is 0 Å². The van der Waals surface area contributed by atoms with Crippen molar-refractivity contribution in [1.29, 1.82) is 0 Å². The van der Waals surface area contributed by atoms with E-state index in [4.69, 9.17) is 27.9 Å². The molecule has 94 valence electrons. The highest BCUT2D eigenvalue weighted by Crippen LogP contribution is 2.31. The molecule has 1 aromatic carbocycles. The number of rotatable bonds is 5. The lowest BCUT2D eigenvalue weighted by molar-refractivity contribution is -0.123. The molecule has 3 nitrogen and oxygen atoms in total. The van der Waals surface area contributed by atoms with Crippen molar-refractivity contribution >= 4 is 29.1 Å². The van der Waals surface area contributed by atoms with Crippen LogP contribution in [0.15, 0.2) is 18.2 Å². The van der Waals surface area contributed by atoms with Gasteiger partial charge in [-0.15, -0.1) is 0 Å². The van der Waals surface area contributed by atoms with E-state index in [1.165, 1.54) is 0 Å². The van der Waals surface area contributed by atoms with Crippen LogP contribution in [-0.2, 0) is 4.79 Å². The SMILES string of the molecule is CC(C)CNC(=O)COc1cccc(Cl)c1Cl. The molecule has 0 saturated heterocycles. The van der Waals surface area contributed by atoms with Crippen molar-refractivity contribution in [2.24, 2.45) is 5.92 Å². The van der Waals surface area contributed by atoms with Gasteiger partial charge in [-0.25, -0.2) is 0 Å². The molecule has 0 aliphatic carbocycles. The minimum atomic E-state index is -0.172. The van der Waals surface area contributed by atoms with Crippen molar-refractivity contribution in [3.8, 4) is 5.75 Å². The second kappa shape index (κ2) is 6.72. The van der Waals surface area contributed by atoms with Gasteiger partial charge in [-0.2, -0.15) is 0 Å². The fraction of sp³-hybridized carbons (Fsp3) is 0.417. The third-order valence-corrected chi connectivity index (χ3v) is 2.78. The summed E-state index contributed by atoms with van der Waals surface area (Å²) in [7, 11) is 0. The highest BCUT2D eigenvalue weighted by molar-refractivity contribution is 6.42. The molecule has 0 radical (unpaired) electrons. The summed E-state index contributed by atoms with van der Waals surface area (Å²) in [5.74, 6) is 0.655. The van der Waals surface area contributed by atoms with Crippen LogP contribution in [-0.4, -0.2) is 19.1 Å². The van der Waals surface area contributed by atoms with Crippen LogP contribution in [0, 0.1) is 5.92 Å². The molecular weight excluding hydrogens is 261 g/mol. The molecule has 0 fully saturated rings. The lowest BCUT2D eigenvalue weighted by atomic mass is 10.2. The minimum Gasteiger partial charge on any atom is -0.482 e. The molecule has 5 heteroatoms. The predicted molar refractivity (Wildman–Crippen MR) is 69.8 cm³/mol. The Bertz CT molecular complexity index is 394. The summed E-state index contributed by atoms with van der Waals surface area (Å²) in [6, 6.07) is 5.05. The number of hydrogen-bond acceptors (Lipinski definition) is 2. The zero-order chi connectivity index (χ0) is 12.8. The molecule has 17 heavy (non-hydrogen) atoms. The summed E-state index contributed by atoms with van der Waals surface area (Å²) in [6.07, 6.45) is 0. The number of halogens is 2. The number of benzene rings is 1. The van der Waals surface area contributed by atoms with Crippen LogP contribution >= 0.6 is 23.2 Å². The number of amides is 1. The first-order valence-electron chi connectivity index (χ1n) is 5.34. The molecule has 1 amide bonds. The van der Waals surface area contributed by atoms with Gasteiger partial charge < -0.3 is 10.1 Å². The lowest BCUT2D eigenvalue weighted by Crippen LogP contribution is -2.31. The maximum Gasteiger partial charge on any atom is 0.257 e. The third-order valence-electron chi connectivity index (χ3n) is 1.98. The molecule has 0 aliphatic rings. The standard InChI is InChI=1S/C12H15Cl2NO2/c1-8(2)6-15-11(16)7-17-10-5-3-4-9(13)12(10)14/h3-5,8H,6-7H2,1-2H3,(H,15,16). The van der Waals surface area contributed by atoms with Crippen molar-refractivity contribution in [2.75, 3.05) is 13.2 Å². The summed E-state index contributed by atoms with van der Waals surface area (Å²) < 4.78 is 5.28. The van der Waals surface area contributed by atoms with Gasteiger partial charge in [0, 0.05) is 6.54 Å². The molecule has 1 aromatic rings. The summed E-state index contributed by atoms with van der Waals surface area (Å²) in [5.41, 5.74) is 0. The largest absolute Gasteiger partial charge is 0.482 e. The number of nitrogens with one attached hydrogen (secondary N) is 1. The highest BCUT2D eigenvalue weighted by Gasteiger charge is 2.08. The smallest absolute Gasteiger partial charge is 0.257 e. The van der Waals surface area contributed by atoms with Crippen molar-refractivity contribution in [1.82, 2.24) is 5.32 Å². The fourth-order valence-electron chi connectivity index (χ4n) is 1.11. The van der Waals surface area contributed by atoms with Gasteiger partial charge in [0.25, 0.3) is 5.91 Å². The summed E-state index contributed by atoms with van der Waals surface area (Å²) in [4.78, 5) is 11.4. The van der Waals surface area contributed by atoms with E-state index in [1.807, 2.05) is 13.8 Å². The van der Waals surface area contributed by atoms with Crippen molar-refractivity contribution in [3.63, 3.8) is 0 Å². The number of ether oxygens (including phenoxy) is 1. The van der Waals surface area contributed by atoms with Crippen LogP contribution < -0.4 is 10.1 Å². The molecule has 0 heterocycles. The number of hydrogen-bond donors (Lipinski definition) is 1. The van der Waals surface area contributed by atoms with Crippen LogP contribution in [0.25, 0.3) is 0 Å². The van der Waals surface area contributed by atoms with Crippen LogP contribution in [0.5, 0.6) is 5.75 Å². The molecule has 0 aromatic heterocycles. The van der Waals surface area contributed by atoms with E-state index in [0.29, 0.717) is 28.3 Å². The Morgan fingerprint density at radius 1 is 1.41 bits per heavy atom. The van der Waals surface area contributed by atoms with Crippen LogP contribution in [0.1, 0.15) is 13.8 Å². The van der Waals surface area contributed by atoms with Crippen LogP contribution in [0.4, 0.5) is 0 Å². The molecule has 0 aliphatic heterocycles. The Morgan fingerprint density at radius 2 is 2.12 bits per heavy atom. The Kier molecular flexibility index (Phi) is 5.59. The normalized spacial score (nSPS) is 10.4. The molecule has 0 spiro atoms. The second-order valence-electron chi connectivity index (χ2n) is 4.04. The zero-order valence-corrected chi connectivity index (χ0v) is 11.3. The van der Waals surface area contributed by atoms with E-state index in [9.17, 15) is 4.79 Å². The first kappa shape index (κ1) is 14.1. The Morgan fingerprint density at radius 3 is 2.76 bits per heavy atom. The minimum absolute atomic E-state index is 0.0627. The average Bonchev–Trinajstić information content (AvgIpc) is 2.28. The summed E-state index contributed by atoms with van der Waals surface area (Å²) in [6.45, 7) is 4.61. The summed E-state index contributed by atoms with van der Waals surface area (Å²) in [5, 5.41) is 3.48. The van der Waals surface area contributed by atoms with Crippen molar-refractivity contribution < 1.29 is 9.53 Å². The van der Waals surface area contributed by atoms with Gasteiger partial charge in [-0.3, -0.25) is 4.79 Å². The van der Waals surface area contributed by atoms with E-state index < -0.39 is 0 Å². The van der Waals surface area contributed by atoms with Gasteiger partial charge in [0.1, 0.15) is 10.8 Å². The van der Waals surface area contributed by atoms with Gasteiger partial charge >= 0.3 is 0 Å². The highest BCUT2D eigenvalue weighted by atomic mass is 35.5. The first-order chi connectivity index (χ1) is 8.00. The Hall–Kier alpha value is -0.930. The van der Waals surface area contributed by atoms with E-state index in [2.05, 4.69) is 5.32 Å². The second-order valence-corrected chi connectivity index (χ2v) is 4.82. The van der Waals surface area contributed by atoms with E-state index >= 15 is 0 Å². The van der Waals surface area contributed by atoms with Gasteiger partial charge in [0.05, 0.1) is 5.02 Å². The third kappa shape index (κ3) is 4.84. The molecule has 1 N–H and O–H groups in total. The van der Waals surface area contributed by atoms with E-state index in [1.54, 1.807) is 18.2 Å². The average molecular weight is 276 g/mol. The Balaban J connectivity index is 2.45. The lowest BCUT2D eigenvalue weighted by Gasteiger charge is -2.10. The molecule has 1 rings (SSSR count). The molecule has 0 atom stereocenters. The number of carbonyl (C=O) groups is 1. The van der Waals surface area contributed by atoms with Crippen LogP contribution in [0.2, 0.25) is 10.0 Å². The number of carbonyl (C=O) groups excluding carboxylic acids is 1. The van der Waals surface area contributed by atoms with Crippen molar-refractivity contribution in [2.45, 2.75) is 13.8 Å². The maximum absolute atomic E-state index is 11.4. The first-order valence-corrected chi connectivity index (χ1v) is 6.09. The van der Waals surface area contributed by atoms with Gasteiger partial charge in [0.2, 0.25) is 0 Å². The summed E-state index contributed by atoms with van der Waals surface area (Å²) >= 11 is 11.7. The predicted octanol–water partition coefficient (Wildman–Crippen LogP) is 3.14. The maximum atomic E-state index is 11.4. The van der Waals surface area contributed by atoms with Gasteiger partial charge in [-0.05, 0) is 18.1 Å². The molecular formula is C12H15Cl2NO2. The van der Waals surface area contributed by atoms with Gasteiger partial charge in [0.15, 0.2) is 6.61 Å². The van der Waals surface area contributed by atoms with E-state index in [0.717, 1.165) is 0 Å². The quantitative estimate of drug-likeness (QED) is 0.897. The van der Waals surface area contributed by atoms with Gasteiger partial charge in [-0.1, -0.05) is 43.1 Å². The molecule has 0 bridgehead atoms. The Labute approximate surface area is 111 Å².